The molecule has 1 saturated heterocycles. The first kappa shape index (κ1) is 25.9. The summed E-state index contributed by atoms with van der Waals surface area (Å²) < 4.78 is 58.7. The molecule has 0 aromatic carbocycles. The number of aromatic nitrogens is 4. The maximum Gasteiger partial charge on any atom is 0.490 e. The van der Waals surface area contributed by atoms with Crippen LogP contribution in [0, 0.1) is 12.3 Å². The van der Waals surface area contributed by atoms with Crippen LogP contribution in [0.4, 0.5) is 5.82 Å². The number of ether oxygens (including phenoxy) is 1. The number of fused-ring (bicyclic) bond motifs is 1. The molecule has 0 bridgehead atoms. The number of aliphatic hydroxyl groups excluding tert-OH is 1. The van der Waals surface area contributed by atoms with Gasteiger partial charge in [-0.2, -0.15) is 8.62 Å². The van der Waals surface area contributed by atoms with E-state index in [-0.39, 0.29) is 12.2 Å². The number of rotatable bonds is 10. The molecule has 3 rings (SSSR count). The second kappa shape index (κ2) is 9.85. The molecule has 6 unspecified atom stereocenters. The normalized spacial score (nSPS) is 26.3. The van der Waals surface area contributed by atoms with E-state index in [0.29, 0.717) is 11.2 Å². The van der Waals surface area contributed by atoms with Gasteiger partial charge in [0.25, 0.3) is 0 Å². The minimum atomic E-state index is -5.62. The quantitative estimate of drug-likeness (QED) is 0.201. The third-order valence-corrected chi connectivity index (χ3v) is 8.26. The number of anilines is 1. The van der Waals surface area contributed by atoms with Crippen LogP contribution in [0.2, 0.25) is 0 Å². The number of nitrogens with zero attached hydrogens (tertiary/aromatic N) is 4. The van der Waals surface area contributed by atoms with Crippen molar-refractivity contribution in [3.8, 4) is 12.3 Å². The first-order valence-electron chi connectivity index (χ1n) is 8.72. The van der Waals surface area contributed by atoms with Crippen LogP contribution in [0.3, 0.4) is 0 Å². The summed E-state index contributed by atoms with van der Waals surface area (Å²) in [6.45, 7) is -1.54. The van der Waals surface area contributed by atoms with Crippen molar-refractivity contribution in [2.24, 2.45) is 0 Å². The average molecular weight is 529 g/mol. The fourth-order valence-corrected chi connectivity index (χ4v) is 6.15. The fraction of sp³-hybridized carbons (Fsp3) is 0.462. The molecule has 0 spiro atoms. The SMILES string of the molecule is C#CCOP(=O)(O)OP(=O)(O)OP(=O)(O)OCC1OC(n2cnc3c(N)ncnc32)CC1O. The van der Waals surface area contributed by atoms with Gasteiger partial charge < -0.3 is 30.3 Å². The van der Waals surface area contributed by atoms with E-state index in [9.17, 15) is 33.5 Å². The molecule has 17 nitrogen and oxygen atoms in total. The van der Waals surface area contributed by atoms with Crippen molar-refractivity contribution in [2.75, 3.05) is 18.9 Å². The Morgan fingerprint density at radius 1 is 1.15 bits per heavy atom. The molecule has 1 aliphatic heterocycles. The minimum Gasteiger partial charge on any atom is -0.390 e. The molecule has 0 saturated carbocycles. The Hall–Kier alpha value is -1.76. The molecule has 2 aromatic heterocycles. The second-order valence-corrected chi connectivity index (χ2v) is 11.0. The summed E-state index contributed by atoms with van der Waals surface area (Å²) in [6.07, 6.45) is 4.18. The van der Waals surface area contributed by atoms with E-state index in [1.165, 1.54) is 17.2 Å². The van der Waals surface area contributed by atoms with Gasteiger partial charge in [0.15, 0.2) is 11.5 Å². The highest BCUT2D eigenvalue weighted by Crippen LogP contribution is 2.67. The van der Waals surface area contributed by atoms with Gasteiger partial charge in [-0.25, -0.2) is 28.6 Å². The van der Waals surface area contributed by atoms with E-state index in [4.69, 9.17) is 16.9 Å². The highest BCUT2D eigenvalue weighted by Gasteiger charge is 2.43. The average Bonchev–Trinajstić information content (AvgIpc) is 3.27. The summed E-state index contributed by atoms with van der Waals surface area (Å²) >= 11 is 0. The van der Waals surface area contributed by atoms with Gasteiger partial charge in [0.1, 0.15) is 30.8 Å². The molecule has 33 heavy (non-hydrogen) atoms. The standard InChI is InChI=1S/C13H18N5O12P3/c1-2-3-26-31(20,21)29-33(24,25)30-32(22,23)27-5-9-8(19)4-10(28-9)18-7-17-11-12(14)15-6-16-13(11)18/h1,6-10,19H,3-5H2,(H,20,21)(H,22,23)(H,24,25)(H2,14,15,16). The number of terminal acetylenes is 1. The van der Waals surface area contributed by atoms with Crippen LogP contribution in [-0.4, -0.2) is 64.7 Å². The summed E-state index contributed by atoms with van der Waals surface area (Å²) in [7, 11) is -16.2. The smallest absolute Gasteiger partial charge is 0.390 e. The van der Waals surface area contributed by atoms with E-state index >= 15 is 0 Å². The Kier molecular flexibility index (Phi) is 7.72. The molecule has 0 amide bonds. The Morgan fingerprint density at radius 3 is 2.48 bits per heavy atom. The summed E-state index contributed by atoms with van der Waals surface area (Å²) in [5, 5.41) is 10.2. The number of nitrogens with two attached hydrogens (primary N) is 1. The molecule has 0 radical (unpaired) electrons. The van der Waals surface area contributed by atoms with Crippen molar-refractivity contribution in [3.63, 3.8) is 0 Å². The summed E-state index contributed by atoms with van der Waals surface area (Å²) in [4.78, 5) is 40.3. The molecule has 1 aliphatic rings. The van der Waals surface area contributed by atoms with Crippen LogP contribution in [0.25, 0.3) is 11.2 Å². The molecule has 182 valence electrons. The molecule has 20 heteroatoms. The number of phosphoric acid groups is 3. The Morgan fingerprint density at radius 2 is 1.82 bits per heavy atom. The molecule has 2 aromatic rings. The molecule has 6 N–H and O–H groups in total. The number of phosphoric ester groups is 2. The number of hydrogen-bond acceptors (Lipinski definition) is 13. The Labute approximate surface area is 185 Å². The van der Waals surface area contributed by atoms with E-state index in [0.717, 1.165) is 0 Å². The highest BCUT2D eigenvalue weighted by atomic mass is 31.3. The van der Waals surface area contributed by atoms with Gasteiger partial charge in [0.05, 0.1) is 19.0 Å². The highest BCUT2D eigenvalue weighted by molar-refractivity contribution is 7.66. The van der Waals surface area contributed by atoms with Gasteiger partial charge in [0.2, 0.25) is 0 Å². The minimum absolute atomic E-state index is 0.00178. The number of imidazole rings is 1. The first-order valence-corrected chi connectivity index (χ1v) is 13.2. The lowest BCUT2D eigenvalue weighted by molar-refractivity contribution is -0.0423. The van der Waals surface area contributed by atoms with Crippen LogP contribution < -0.4 is 5.73 Å². The monoisotopic (exact) mass is 529 g/mol. The van der Waals surface area contributed by atoms with Gasteiger partial charge in [-0.15, -0.1) is 6.42 Å². The molecule has 3 heterocycles. The largest absolute Gasteiger partial charge is 0.490 e. The van der Waals surface area contributed by atoms with E-state index in [1.807, 2.05) is 5.92 Å². The zero-order valence-electron chi connectivity index (χ0n) is 16.3. The maximum atomic E-state index is 12.0. The van der Waals surface area contributed by atoms with Crippen molar-refractivity contribution in [1.29, 1.82) is 0 Å². The van der Waals surface area contributed by atoms with Crippen LogP contribution in [0.5, 0.6) is 0 Å². The third kappa shape index (κ3) is 6.65. The Bertz CT molecular complexity index is 1200. The lowest BCUT2D eigenvalue weighted by Gasteiger charge is -2.20. The van der Waals surface area contributed by atoms with Crippen LogP contribution in [-0.2, 0) is 36.1 Å². The molecule has 1 fully saturated rings. The van der Waals surface area contributed by atoms with Crippen LogP contribution >= 0.6 is 23.5 Å². The Balaban J connectivity index is 1.60. The predicted octanol–water partition coefficient (Wildman–Crippen LogP) is 0.0577. The topological polar surface area (TPSA) is 248 Å². The third-order valence-electron chi connectivity index (χ3n) is 4.03. The first-order chi connectivity index (χ1) is 15.3. The predicted molar refractivity (Wildman–Crippen MR) is 107 cm³/mol. The lowest BCUT2D eigenvalue weighted by atomic mass is 10.2. The van der Waals surface area contributed by atoms with Crippen LogP contribution in [0.1, 0.15) is 12.6 Å². The van der Waals surface area contributed by atoms with Crippen LogP contribution in [0.15, 0.2) is 12.7 Å². The van der Waals surface area contributed by atoms with E-state index in [2.05, 4.69) is 32.6 Å². The zero-order chi connectivity index (χ0) is 24.4. The molecular weight excluding hydrogens is 511 g/mol. The zero-order valence-corrected chi connectivity index (χ0v) is 19.0. The summed E-state index contributed by atoms with van der Waals surface area (Å²) in [5.41, 5.74) is 6.33. The summed E-state index contributed by atoms with van der Waals surface area (Å²) in [6, 6.07) is 0. The molecular formula is C13H18N5O12P3. The number of hydrogen-bond donors (Lipinski definition) is 5. The van der Waals surface area contributed by atoms with E-state index < -0.39 is 55.1 Å². The van der Waals surface area contributed by atoms with Gasteiger partial charge >= 0.3 is 23.5 Å². The van der Waals surface area contributed by atoms with Gasteiger partial charge in [-0.1, -0.05) is 5.92 Å². The van der Waals surface area contributed by atoms with Gasteiger partial charge in [0, 0.05) is 6.42 Å². The second-order valence-electron chi connectivity index (χ2n) is 6.36. The number of aliphatic hydroxyl groups is 1. The van der Waals surface area contributed by atoms with Crippen molar-refractivity contribution in [1.82, 2.24) is 19.5 Å². The summed E-state index contributed by atoms with van der Waals surface area (Å²) in [5.74, 6) is 1.94. The van der Waals surface area contributed by atoms with Crippen molar-refractivity contribution < 1.29 is 55.9 Å². The fourth-order valence-electron chi connectivity index (χ4n) is 2.73. The maximum absolute atomic E-state index is 12.0. The lowest BCUT2D eigenvalue weighted by Crippen LogP contribution is -2.26. The van der Waals surface area contributed by atoms with Crippen molar-refractivity contribution in [2.45, 2.75) is 24.9 Å². The van der Waals surface area contributed by atoms with Crippen molar-refractivity contribution in [3.05, 3.63) is 12.7 Å². The molecule has 6 atom stereocenters. The van der Waals surface area contributed by atoms with Gasteiger partial charge in [-0.05, 0) is 0 Å². The van der Waals surface area contributed by atoms with Gasteiger partial charge in [-0.3, -0.25) is 13.6 Å². The number of nitrogen functional groups attached to an aromatic ring is 1. The van der Waals surface area contributed by atoms with Crippen molar-refractivity contribution >= 4 is 40.4 Å². The van der Waals surface area contributed by atoms with E-state index in [1.54, 1.807) is 0 Å². The molecule has 0 aliphatic carbocycles.